The minimum Gasteiger partial charge on any atom is -0.488 e. The van der Waals surface area contributed by atoms with Gasteiger partial charge in [-0.1, -0.05) is 12.1 Å². The highest BCUT2D eigenvalue weighted by Gasteiger charge is 2.35. The number of benzene rings is 2. The minimum atomic E-state index is -4.64. The molecule has 0 saturated carbocycles. The standard InChI is InChI=1S/C28H21F4N3O3/c1-15(12-33)24-19-7-5-16(10-17(19)13-38-23-11-18(29)6-8-20(23)24)26(36)25-22(14-37-2)34-27-21(28(30,31)32)4-3-9-35(25)27/h3-11,26,36H,13-14H2,1-2H3. The number of pyridine rings is 1. The van der Waals surface area contributed by atoms with E-state index in [0.29, 0.717) is 33.4 Å². The minimum absolute atomic E-state index is 0.0187. The summed E-state index contributed by atoms with van der Waals surface area (Å²) >= 11 is 0. The lowest BCUT2D eigenvalue weighted by molar-refractivity contribution is -0.136. The first-order chi connectivity index (χ1) is 18.1. The van der Waals surface area contributed by atoms with Crippen LogP contribution in [0.4, 0.5) is 17.6 Å². The van der Waals surface area contributed by atoms with Crippen molar-refractivity contribution in [2.45, 2.75) is 32.4 Å². The molecule has 2 aromatic carbocycles. The number of aliphatic hydroxyl groups is 1. The van der Waals surface area contributed by atoms with Crippen LogP contribution in [-0.4, -0.2) is 21.6 Å². The van der Waals surface area contributed by atoms with Crippen molar-refractivity contribution in [2.24, 2.45) is 0 Å². The highest BCUT2D eigenvalue weighted by molar-refractivity contribution is 5.88. The van der Waals surface area contributed by atoms with Gasteiger partial charge in [0.2, 0.25) is 0 Å². The maximum atomic E-state index is 13.9. The second-order valence-corrected chi connectivity index (χ2v) is 8.85. The van der Waals surface area contributed by atoms with Crippen LogP contribution in [0.25, 0.3) is 11.2 Å². The molecule has 0 fully saturated rings. The molecule has 1 unspecified atom stereocenters. The third-order valence-electron chi connectivity index (χ3n) is 6.46. The molecule has 6 nitrogen and oxygen atoms in total. The van der Waals surface area contributed by atoms with Gasteiger partial charge in [0.15, 0.2) is 0 Å². The van der Waals surface area contributed by atoms with Crippen LogP contribution in [0.1, 0.15) is 52.2 Å². The highest BCUT2D eigenvalue weighted by Crippen LogP contribution is 2.41. The third-order valence-corrected chi connectivity index (χ3v) is 6.46. The molecule has 0 radical (unpaired) electrons. The van der Waals surface area contributed by atoms with Crippen molar-refractivity contribution in [3.63, 3.8) is 0 Å². The molecule has 1 aliphatic rings. The van der Waals surface area contributed by atoms with Gasteiger partial charge in [0.05, 0.1) is 29.6 Å². The number of nitriles is 1. The Labute approximate surface area is 215 Å². The number of hydrogen-bond donors (Lipinski definition) is 1. The molecule has 1 aliphatic heterocycles. The smallest absolute Gasteiger partial charge is 0.419 e. The predicted octanol–water partition coefficient (Wildman–Crippen LogP) is 5.96. The quantitative estimate of drug-likeness (QED) is 0.264. The van der Waals surface area contributed by atoms with E-state index in [1.807, 2.05) is 0 Å². The number of allylic oxidation sites excluding steroid dienone is 1. The number of methoxy groups -OCH3 is 1. The summed E-state index contributed by atoms with van der Waals surface area (Å²) in [6.45, 7) is 1.55. The van der Waals surface area contributed by atoms with Crippen LogP contribution >= 0.6 is 0 Å². The summed E-state index contributed by atoms with van der Waals surface area (Å²) in [6, 6.07) is 13.4. The fourth-order valence-corrected chi connectivity index (χ4v) is 4.77. The zero-order valence-electron chi connectivity index (χ0n) is 20.3. The van der Waals surface area contributed by atoms with Crippen LogP contribution in [0.3, 0.4) is 0 Å². The van der Waals surface area contributed by atoms with Gasteiger partial charge in [0.25, 0.3) is 0 Å². The first kappa shape index (κ1) is 25.4. The topological polar surface area (TPSA) is 79.8 Å². The Morgan fingerprint density at radius 2 is 1.97 bits per heavy atom. The Morgan fingerprint density at radius 3 is 2.68 bits per heavy atom. The fourth-order valence-electron chi connectivity index (χ4n) is 4.77. The monoisotopic (exact) mass is 523 g/mol. The maximum Gasteiger partial charge on any atom is 0.419 e. The van der Waals surface area contributed by atoms with Gasteiger partial charge >= 0.3 is 6.18 Å². The van der Waals surface area contributed by atoms with Crippen molar-refractivity contribution in [1.82, 2.24) is 9.38 Å². The number of ether oxygens (including phenoxy) is 2. The van der Waals surface area contributed by atoms with Crippen LogP contribution < -0.4 is 4.74 Å². The molecule has 0 saturated heterocycles. The van der Waals surface area contributed by atoms with E-state index in [1.165, 1.54) is 35.9 Å². The lowest BCUT2D eigenvalue weighted by atomic mass is 9.89. The molecule has 0 amide bonds. The molecule has 38 heavy (non-hydrogen) atoms. The van der Waals surface area contributed by atoms with Gasteiger partial charge in [-0.25, -0.2) is 9.37 Å². The van der Waals surface area contributed by atoms with E-state index in [1.54, 1.807) is 31.2 Å². The summed E-state index contributed by atoms with van der Waals surface area (Å²) in [7, 11) is 1.39. The van der Waals surface area contributed by atoms with E-state index in [9.17, 15) is 27.9 Å². The van der Waals surface area contributed by atoms with Gasteiger partial charge < -0.3 is 19.0 Å². The number of fused-ring (bicyclic) bond motifs is 3. The van der Waals surface area contributed by atoms with E-state index in [-0.39, 0.29) is 36.0 Å². The Bertz CT molecular complexity index is 1630. The fraction of sp³-hybridized carbons (Fsp3) is 0.214. The molecule has 10 heteroatoms. The van der Waals surface area contributed by atoms with Gasteiger partial charge in [-0.3, -0.25) is 0 Å². The number of aromatic nitrogens is 2. The van der Waals surface area contributed by atoms with Crippen molar-refractivity contribution in [2.75, 3.05) is 7.11 Å². The van der Waals surface area contributed by atoms with Crippen molar-refractivity contribution in [3.05, 3.63) is 105 Å². The second kappa shape index (κ2) is 9.59. The molecule has 0 spiro atoms. The highest BCUT2D eigenvalue weighted by atomic mass is 19.4. The average molecular weight is 523 g/mol. The Kier molecular flexibility index (Phi) is 6.42. The molecule has 1 N–H and O–H groups in total. The number of rotatable bonds is 4. The second-order valence-electron chi connectivity index (χ2n) is 8.85. The first-order valence-electron chi connectivity index (χ1n) is 11.5. The number of imidazole rings is 1. The summed E-state index contributed by atoms with van der Waals surface area (Å²) in [5.74, 6) is -0.215. The van der Waals surface area contributed by atoms with Crippen molar-refractivity contribution < 1.29 is 32.1 Å². The number of hydrogen-bond acceptors (Lipinski definition) is 5. The van der Waals surface area contributed by atoms with E-state index in [2.05, 4.69) is 11.1 Å². The number of aliphatic hydroxyl groups excluding tert-OH is 1. The van der Waals surface area contributed by atoms with Crippen molar-refractivity contribution >= 4 is 11.2 Å². The summed E-state index contributed by atoms with van der Waals surface area (Å²) in [5, 5.41) is 21.1. The SMILES string of the molecule is COCc1nc2c(C(F)(F)F)cccn2c1C(O)c1ccc2c(c1)COc1cc(F)ccc1C2=C(C)C#N. The Morgan fingerprint density at radius 1 is 1.21 bits per heavy atom. The van der Waals surface area contributed by atoms with Crippen LogP contribution in [0, 0.1) is 17.1 Å². The maximum absolute atomic E-state index is 13.9. The predicted molar refractivity (Wildman–Crippen MR) is 129 cm³/mol. The van der Waals surface area contributed by atoms with E-state index < -0.39 is 23.7 Å². The Hall–Kier alpha value is -4.20. The van der Waals surface area contributed by atoms with Crippen LogP contribution in [-0.2, 0) is 24.1 Å². The number of halogens is 4. The summed E-state index contributed by atoms with van der Waals surface area (Å²) in [4.78, 5) is 4.15. The van der Waals surface area contributed by atoms with Gasteiger partial charge in [0.1, 0.15) is 29.9 Å². The van der Waals surface area contributed by atoms with Crippen LogP contribution in [0.5, 0.6) is 5.75 Å². The summed E-state index contributed by atoms with van der Waals surface area (Å²) in [5.41, 5.74) is 2.19. The number of alkyl halides is 3. The van der Waals surface area contributed by atoms with Crippen molar-refractivity contribution in [1.29, 1.82) is 5.26 Å². The molecular weight excluding hydrogens is 502 g/mol. The molecular formula is C28H21F4N3O3. The lowest BCUT2D eigenvalue weighted by Crippen LogP contribution is -2.10. The van der Waals surface area contributed by atoms with E-state index >= 15 is 0 Å². The van der Waals surface area contributed by atoms with E-state index in [0.717, 1.165) is 6.07 Å². The normalized spacial score (nSPS) is 15.2. The summed E-state index contributed by atoms with van der Waals surface area (Å²) in [6.07, 6.45) is -4.60. The third kappa shape index (κ3) is 4.30. The molecule has 5 rings (SSSR count). The average Bonchev–Trinajstić information content (AvgIpc) is 3.17. The largest absolute Gasteiger partial charge is 0.488 e. The van der Waals surface area contributed by atoms with Crippen LogP contribution in [0.2, 0.25) is 0 Å². The van der Waals surface area contributed by atoms with Gasteiger partial charge in [-0.05, 0) is 53.9 Å². The molecule has 0 bridgehead atoms. The van der Waals surface area contributed by atoms with Gasteiger partial charge in [-0.15, -0.1) is 0 Å². The molecule has 3 heterocycles. The molecule has 0 aliphatic carbocycles. The lowest BCUT2D eigenvalue weighted by Gasteiger charge is -2.17. The van der Waals surface area contributed by atoms with Gasteiger partial charge in [-0.2, -0.15) is 18.4 Å². The summed E-state index contributed by atoms with van der Waals surface area (Å²) < 4.78 is 67.1. The number of nitrogens with zero attached hydrogens (tertiary/aromatic N) is 3. The molecule has 2 aromatic heterocycles. The molecule has 194 valence electrons. The molecule has 1 atom stereocenters. The molecule has 4 aromatic rings. The van der Waals surface area contributed by atoms with Crippen LogP contribution in [0.15, 0.2) is 60.3 Å². The Balaban J connectivity index is 1.66. The zero-order valence-corrected chi connectivity index (χ0v) is 20.3. The zero-order chi connectivity index (χ0) is 27.2. The first-order valence-corrected chi connectivity index (χ1v) is 11.5. The van der Waals surface area contributed by atoms with Gasteiger partial charge in [0, 0.05) is 36.1 Å². The van der Waals surface area contributed by atoms with E-state index in [4.69, 9.17) is 9.47 Å². The van der Waals surface area contributed by atoms with Crippen molar-refractivity contribution in [3.8, 4) is 11.8 Å².